The summed E-state index contributed by atoms with van der Waals surface area (Å²) < 4.78 is 9.36. The van der Waals surface area contributed by atoms with Crippen molar-refractivity contribution in [2.45, 2.75) is 18.3 Å². The summed E-state index contributed by atoms with van der Waals surface area (Å²) in [6.45, 7) is 2.92. The third-order valence-corrected chi connectivity index (χ3v) is 1.85. The van der Waals surface area contributed by atoms with Crippen LogP contribution in [0.2, 0.25) is 0 Å². The molecule has 0 aromatic rings. The maximum absolute atomic E-state index is 10.9. The molecule has 4 nitrogen and oxygen atoms in total. The van der Waals surface area contributed by atoms with E-state index in [9.17, 15) is 4.79 Å². The van der Waals surface area contributed by atoms with Crippen LogP contribution < -0.4 is 5.32 Å². The highest BCUT2D eigenvalue weighted by molar-refractivity contribution is 6.30. The first-order valence-electron chi connectivity index (χ1n) is 4.06. The Kier molecular flexibility index (Phi) is 6.94. The lowest BCUT2D eigenvalue weighted by Gasteiger charge is -2.14. The lowest BCUT2D eigenvalue weighted by molar-refractivity contribution is -0.140. The number of rotatable bonds is 6. The Bertz CT molecular complexity index is 154. The van der Waals surface area contributed by atoms with Gasteiger partial charge in [-0.3, -0.25) is 4.79 Å². The van der Waals surface area contributed by atoms with Crippen LogP contribution in [-0.4, -0.2) is 44.8 Å². The van der Waals surface area contributed by atoms with E-state index >= 15 is 0 Å². The van der Waals surface area contributed by atoms with Crippen molar-refractivity contribution in [3.63, 3.8) is 0 Å². The molecule has 1 N–H and O–H groups in total. The third kappa shape index (κ3) is 5.85. The van der Waals surface area contributed by atoms with E-state index in [-0.39, 0.29) is 6.04 Å². The second-order valence-corrected chi connectivity index (χ2v) is 3.28. The smallest absolute Gasteiger partial charge is 0.325 e. The van der Waals surface area contributed by atoms with Gasteiger partial charge in [0.25, 0.3) is 0 Å². The van der Waals surface area contributed by atoms with Crippen molar-refractivity contribution in [3.05, 3.63) is 0 Å². The number of carbonyl (C=O) groups is 1. The molecule has 0 aromatic heterocycles. The molecule has 0 bridgehead atoms. The van der Waals surface area contributed by atoms with Crippen LogP contribution in [0.1, 0.15) is 6.92 Å². The summed E-state index contributed by atoms with van der Waals surface area (Å²) in [5.74, 6) is -0.418. The third-order valence-electron chi connectivity index (χ3n) is 1.52. The monoisotopic (exact) mass is 209 g/mol. The molecule has 0 amide bonds. The fraction of sp³-hybridized carbons (Fsp3) is 0.875. The summed E-state index contributed by atoms with van der Waals surface area (Å²) in [6, 6.07) is 0.177. The molecule has 0 spiro atoms. The molecular weight excluding hydrogens is 194 g/mol. The van der Waals surface area contributed by atoms with Crippen LogP contribution in [0.3, 0.4) is 0 Å². The Hall–Kier alpha value is -0.320. The molecule has 0 saturated heterocycles. The number of methoxy groups -OCH3 is 2. The first-order valence-corrected chi connectivity index (χ1v) is 4.49. The molecule has 5 heteroatoms. The Morgan fingerprint density at radius 1 is 1.54 bits per heavy atom. The highest BCUT2D eigenvalue weighted by Crippen LogP contribution is 1.97. The van der Waals surface area contributed by atoms with Gasteiger partial charge in [0.1, 0.15) is 5.38 Å². The molecule has 0 rings (SSSR count). The van der Waals surface area contributed by atoms with Gasteiger partial charge in [-0.1, -0.05) is 0 Å². The Balaban J connectivity index is 3.56. The summed E-state index contributed by atoms with van der Waals surface area (Å²) >= 11 is 5.70. The van der Waals surface area contributed by atoms with E-state index in [1.54, 1.807) is 7.11 Å². The second-order valence-electron chi connectivity index (χ2n) is 2.76. The SMILES string of the molecule is COCC(C)NCC(Cl)C(=O)OC. The summed E-state index contributed by atoms with van der Waals surface area (Å²) in [7, 11) is 2.94. The second kappa shape index (κ2) is 7.12. The molecule has 2 unspecified atom stereocenters. The number of esters is 1. The van der Waals surface area contributed by atoms with E-state index in [2.05, 4.69) is 10.1 Å². The number of alkyl halides is 1. The van der Waals surface area contributed by atoms with Crippen LogP contribution in [0.25, 0.3) is 0 Å². The molecule has 0 aliphatic rings. The summed E-state index contributed by atoms with van der Waals surface area (Å²) in [4.78, 5) is 10.9. The van der Waals surface area contributed by atoms with Gasteiger partial charge in [-0.25, -0.2) is 0 Å². The number of carbonyl (C=O) groups excluding carboxylic acids is 1. The Morgan fingerprint density at radius 3 is 2.62 bits per heavy atom. The van der Waals surface area contributed by atoms with Crippen molar-refractivity contribution in [3.8, 4) is 0 Å². The predicted octanol–water partition coefficient (Wildman–Crippen LogP) is 0.391. The first-order chi connectivity index (χ1) is 6.11. The Morgan fingerprint density at radius 2 is 2.15 bits per heavy atom. The number of hydrogen-bond acceptors (Lipinski definition) is 4. The van der Waals surface area contributed by atoms with E-state index in [0.717, 1.165) is 0 Å². The largest absolute Gasteiger partial charge is 0.468 e. The molecule has 0 aliphatic heterocycles. The highest BCUT2D eigenvalue weighted by Gasteiger charge is 2.15. The quantitative estimate of drug-likeness (QED) is 0.508. The molecule has 0 heterocycles. The lowest BCUT2D eigenvalue weighted by atomic mass is 10.3. The van der Waals surface area contributed by atoms with E-state index in [4.69, 9.17) is 16.3 Å². The van der Waals surface area contributed by atoms with Crippen LogP contribution in [0.5, 0.6) is 0 Å². The van der Waals surface area contributed by atoms with Crippen molar-refractivity contribution in [1.82, 2.24) is 5.32 Å². The summed E-state index contributed by atoms with van der Waals surface area (Å²) in [5, 5.41) is 2.41. The van der Waals surface area contributed by atoms with Gasteiger partial charge in [0, 0.05) is 19.7 Å². The van der Waals surface area contributed by atoms with Gasteiger partial charge < -0.3 is 14.8 Å². The van der Waals surface area contributed by atoms with Crippen LogP contribution >= 0.6 is 11.6 Å². The van der Waals surface area contributed by atoms with E-state index < -0.39 is 11.3 Å². The van der Waals surface area contributed by atoms with Crippen molar-refractivity contribution >= 4 is 17.6 Å². The van der Waals surface area contributed by atoms with E-state index in [1.807, 2.05) is 6.92 Å². The normalized spacial score (nSPS) is 15.1. The van der Waals surface area contributed by atoms with Gasteiger partial charge in [0.05, 0.1) is 13.7 Å². The minimum absolute atomic E-state index is 0.177. The van der Waals surface area contributed by atoms with Crippen LogP contribution in [0, 0.1) is 0 Å². The zero-order valence-electron chi connectivity index (χ0n) is 8.17. The molecule has 0 aliphatic carbocycles. The molecule has 78 valence electrons. The molecule has 0 aromatic carbocycles. The maximum atomic E-state index is 10.9. The number of hydrogen-bond donors (Lipinski definition) is 1. The number of halogens is 1. The van der Waals surface area contributed by atoms with Gasteiger partial charge in [-0.05, 0) is 6.92 Å². The average Bonchev–Trinajstić information content (AvgIpc) is 2.13. The predicted molar refractivity (Wildman–Crippen MR) is 51.0 cm³/mol. The van der Waals surface area contributed by atoms with Crippen molar-refractivity contribution in [2.24, 2.45) is 0 Å². The van der Waals surface area contributed by atoms with Gasteiger partial charge in [-0.15, -0.1) is 11.6 Å². The van der Waals surface area contributed by atoms with Crippen LogP contribution in [0.15, 0.2) is 0 Å². The summed E-state index contributed by atoms with van der Waals surface area (Å²) in [5.41, 5.74) is 0. The van der Waals surface area contributed by atoms with Crippen LogP contribution in [0.4, 0.5) is 0 Å². The number of ether oxygens (including phenoxy) is 2. The topological polar surface area (TPSA) is 47.6 Å². The fourth-order valence-electron chi connectivity index (χ4n) is 0.825. The standard InChI is InChI=1S/C8H16ClNO3/c1-6(5-12-2)10-4-7(9)8(11)13-3/h6-7,10H,4-5H2,1-3H3. The zero-order valence-corrected chi connectivity index (χ0v) is 8.93. The molecule has 2 atom stereocenters. The number of nitrogens with one attached hydrogen (secondary N) is 1. The van der Waals surface area contributed by atoms with Gasteiger partial charge >= 0.3 is 5.97 Å². The lowest BCUT2D eigenvalue weighted by Crippen LogP contribution is -2.37. The van der Waals surface area contributed by atoms with Crippen molar-refractivity contribution < 1.29 is 14.3 Å². The van der Waals surface area contributed by atoms with Gasteiger partial charge in [-0.2, -0.15) is 0 Å². The fourth-order valence-corrected chi connectivity index (χ4v) is 1.00. The molecule has 0 saturated carbocycles. The molecule has 0 fully saturated rings. The minimum atomic E-state index is -0.635. The minimum Gasteiger partial charge on any atom is -0.468 e. The van der Waals surface area contributed by atoms with Gasteiger partial charge in [0.15, 0.2) is 0 Å². The first kappa shape index (κ1) is 12.7. The molecule has 13 heavy (non-hydrogen) atoms. The van der Waals surface area contributed by atoms with Crippen LogP contribution in [-0.2, 0) is 14.3 Å². The van der Waals surface area contributed by atoms with Gasteiger partial charge in [0.2, 0.25) is 0 Å². The zero-order chi connectivity index (χ0) is 10.3. The Labute approximate surface area is 83.5 Å². The maximum Gasteiger partial charge on any atom is 0.325 e. The highest BCUT2D eigenvalue weighted by atomic mass is 35.5. The molecular formula is C8H16ClNO3. The van der Waals surface area contributed by atoms with E-state index in [1.165, 1.54) is 7.11 Å². The van der Waals surface area contributed by atoms with E-state index in [0.29, 0.717) is 13.2 Å². The summed E-state index contributed by atoms with van der Waals surface area (Å²) in [6.07, 6.45) is 0. The van der Waals surface area contributed by atoms with Crippen molar-refractivity contribution in [2.75, 3.05) is 27.4 Å². The average molecular weight is 210 g/mol. The molecule has 0 radical (unpaired) electrons. The van der Waals surface area contributed by atoms with Crippen molar-refractivity contribution in [1.29, 1.82) is 0 Å².